The zero-order chi connectivity index (χ0) is 12.9. The highest BCUT2D eigenvalue weighted by Gasteiger charge is 2.29. The Morgan fingerprint density at radius 2 is 2.12 bits per heavy atom. The van der Waals surface area contributed by atoms with Gasteiger partial charge in [0.15, 0.2) is 0 Å². The lowest BCUT2D eigenvalue weighted by Crippen LogP contribution is -2.50. The minimum atomic E-state index is -0.632. The fourth-order valence-corrected chi connectivity index (χ4v) is 2.43. The Morgan fingerprint density at radius 3 is 2.65 bits per heavy atom. The van der Waals surface area contributed by atoms with Crippen molar-refractivity contribution in [1.29, 1.82) is 0 Å². The molecular weight excluding hydrogens is 216 g/mol. The van der Waals surface area contributed by atoms with Gasteiger partial charge in [-0.05, 0) is 39.2 Å². The molecule has 0 aromatic heterocycles. The molecule has 4 heteroatoms. The molecule has 1 rings (SSSR count). The molecule has 17 heavy (non-hydrogen) atoms. The zero-order valence-corrected chi connectivity index (χ0v) is 11.3. The van der Waals surface area contributed by atoms with Crippen LogP contribution in [-0.4, -0.2) is 47.2 Å². The molecule has 1 atom stereocenters. The van der Waals surface area contributed by atoms with Crippen LogP contribution in [0.4, 0.5) is 0 Å². The van der Waals surface area contributed by atoms with E-state index >= 15 is 0 Å². The number of carbonyl (C=O) groups is 1. The molecule has 0 spiro atoms. The number of β-amino-alcohol motifs (C(OH)–C–C–N with tert-alkyl or cyclic N) is 1. The van der Waals surface area contributed by atoms with Gasteiger partial charge in [-0.3, -0.25) is 9.69 Å². The molecule has 1 aliphatic heterocycles. The molecule has 1 amide bonds. The van der Waals surface area contributed by atoms with Gasteiger partial charge in [0.2, 0.25) is 5.91 Å². The predicted molar refractivity (Wildman–Crippen MR) is 68.8 cm³/mol. The van der Waals surface area contributed by atoms with Crippen molar-refractivity contribution < 1.29 is 9.90 Å². The van der Waals surface area contributed by atoms with E-state index in [-0.39, 0.29) is 11.9 Å². The summed E-state index contributed by atoms with van der Waals surface area (Å²) in [5.74, 6) is 0.0800. The van der Waals surface area contributed by atoms with Crippen molar-refractivity contribution in [2.24, 2.45) is 0 Å². The molecule has 1 aliphatic rings. The standard InChI is InChI=1S/C13H26N2O2/c1-4-11(5-2)14-12(16)9-15-8-6-7-13(3,17)10-15/h11,17H,4-10H2,1-3H3,(H,14,16). The van der Waals surface area contributed by atoms with Crippen LogP contribution in [-0.2, 0) is 4.79 Å². The summed E-state index contributed by atoms with van der Waals surface area (Å²) in [6, 6.07) is 0.285. The fraction of sp³-hybridized carbons (Fsp3) is 0.923. The quantitative estimate of drug-likeness (QED) is 0.760. The molecule has 0 aliphatic carbocycles. The van der Waals surface area contributed by atoms with Crippen molar-refractivity contribution in [3.05, 3.63) is 0 Å². The Hall–Kier alpha value is -0.610. The first-order chi connectivity index (χ1) is 7.96. The van der Waals surface area contributed by atoms with Crippen molar-refractivity contribution in [1.82, 2.24) is 10.2 Å². The summed E-state index contributed by atoms with van der Waals surface area (Å²) in [5, 5.41) is 13.0. The number of nitrogens with one attached hydrogen (secondary N) is 1. The Bertz CT molecular complexity index is 250. The van der Waals surface area contributed by atoms with Crippen LogP contribution < -0.4 is 5.32 Å². The second-order valence-electron chi connectivity index (χ2n) is 5.39. The maximum absolute atomic E-state index is 11.8. The van der Waals surface area contributed by atoms with E-state index in [4.69, 9.17) is 0 Å². The average Bonchev–Trinajstić information content (AvgIpc) is 2.24. The highest BCUT2D eigenvalue weighted by molar-refractivity contribution is 5.78. The van der Waals surface area contributed by atoms with E-state index in [1.165, 1.54) is 0 Å². The van der Waals surface area contributed by atoms with Gasteiger partial charge in [-0.25, -0.2) is 0 Å². The summed E-state index contributed by atoms with van der Waals surface area (Å²) in [6.07, 6.45) is 3.74. The fourth-order valence-electron chi connectivity index (χ4n) is 2.43. The normalized spacial score (nSPS) is 26.2. The van der Waals surface area contributed by atoms with Gasteiger partial charge < -0.3 is 10.4 Å². The molecule has 100 valence electrons. The van der Waals surface area contributed by atoms with Crippen molar-refractivity contribution in [3.8, 4) is 0 Å². The smallest absolute Gasteiger partial charge is 0.234 e. The maximum atomic E-state index is 11.8. The van der Waals surface area contributed by atoms with Crippen molar-refractivity contribution in [3.63, 3.8) is 0 Å². The van der Waals surface area contributed by atoms with E-state index in [0.29, 0.717) is 13.1 Å². The Kier molecular flexibility index (Phi) is 5.40. The van der Waals surface area contributed by atoms with Crippen molar-refractivity contribution in [2.75, 3.05) is 19.6 Å². The van der Waals surface area contributed by atoms with Crippen LogP contribution in [0.1, 0.15) is 46.5 Å². The topological polar surface area (TPSA) is 52.6 Å². The molecule has 1 fully saturated rings. The van der Waals surface area contributed by atoms with Crippen LogP contribution in [0.15, 0.2) is 0 Å². The van der Waals surface area contributed by atoms with E-state index in [2.05, 4.69) is 19.2 Å². The Labute approximate surface area is 104 Å². The van der Waals surface area contributed by atoms with Crippen LogP contribution in [0, 0.1) is 0 Å². The maximum Gasteiger partial charge on any atom is 0.234 e. The molecule has 1 unspecified atom stereocenters. The molecule has 0 aromatic carbocycles. The van der Waals surface area contributed by atoms with E-state index in [1.807, 2.05) is 11.8 Å². The summed E-state index contributed by atoms with van der Waals surface area (Å²) in [4.78, 5) is 13.9. The average molecular weight is 242 g/mol. The lowest BCUT2D eigenvalue weighted by molar-refractivity contribution is -0.124. The van der Waals surface area contributed by atoms with Gasteiger partial charge in [0.05, 0.1) is 12.1 Å². The first-order valence-electron chi connectivity index (χ1n) is 6.71. The first-order valence-corrected chi connectivity index (χ1v) is 6.71. The highest BCUT2D eigenvalue weighted by atomic mass is 16.3. The number of likely N-dealkylation sites (tertiary alicyclic amines) is 1. The molecule has 0 saturated carbocycles. The van der Waals surface area contributed by atoms with Crippen molar-refractivity contribution >= 4 is 5.91 Å². The number of carbonyl (C=O) groups excluding carboxylic acids is 1. The van der Waals surface area contributed by atoms with Gasteiger partial charge in [-0.1, -0.05) is 13.8 Å². The van der Waals surface area contributed by atoms with E-state index in [1.54, 1.807) is 0 Å². The minimum absolute atomic E-state index is 0.0800. The van der Waals surface area contributed by atoms with Gasteiger partial charge in [0, 0.05) is 12.6 Å². The molecule has 0 bridgehead atoms. The van der Waals surface area contributed by atoms with Crippen LogP contribution in [0.2, 0.25) is 0 Å². The zero-order valence-electron chi connectivity index (χ0n) is 11.3. The van der Waals surface area contributed by atoms with E-state index in [9.17, 15) is 9.90 Å². The summed E-state index contributed by atoms with van der Waals surface area (Å²) in [6.45, 7) is 7.93. The molecule has 1 saturated heterocycles. The number of hydrogen-bond donors (Lipinski definition) is 2. The van der Waals surface area contributed by atoms with Crippen LogP contribution in [0.3, 0.4) is 0 Å². The van der Waals surface area contributed by atoms with E-state index in [0.717, 1.165) is 32.2 Å². The second-order valence-corrected chi connectivity index (χ2v) is 5.39. The minimum Gasteiger partial charge on any atom is -0.389 e. The van der Waals surface area contributed by atoms with Gasteiger partial charge in [-0.15, -0.1) is 0 Å². The van der Waals surface area contributed by atoms with Crippen LogP contribution >= 0.6 is 0 Å². The number of piperidine rings is 1. The molecular formula is C13H26N2O2. The third-order valence-electron chi connectivity index (χ3n) is 3.47. The van der Waals surface area contributed by atoms with Crippen LogP contribution in [0.25, 0.3) is 0 Å². The summed E-state index contributed by atoms with van der Waals surface area (Å²) < 4.78 is 0. The van der Waals surface area contributed by atoms with E-state index < -0.39 is 5.60 Å². The van der Waals surface area contributed by atoms with Gasteiger partial charge in [0.1, 0.15) is 0 Å². The van der Waals surface area contributed by atoms with Gasteiger partial charge in [0.25, 0.3) is 0 Å². The summed E-state index contributed by atoms with van der Waals surface area (Å²) >= 11 is 0. The second kappa shape index (κ2) is 6.36. The van der Waals surface area contributed by atoms with Crippen LogP contribution in [0.5, 0.6) is 0 Å². The third kappa shape index (κ3) is 5.04. The SMILES string of the molecule is CCC(CC)NC(=O)CN1CCCC(C)(O)C1. The monoisotopic (exact) mass is 242 g/mol. The predicted octanol–water partition coefficient (Wildman–Crippen LogP) is 1.14. The lowest BCUT2D eigenvalue weighted by atomic mass is 9.95. The molecule has 0 radical (unpaired) electrons. The molecule has 1 heterocycles. The third-order valence-corrected chi connectivity index (χ3v) is 3.47. The Balaban J connectivity index is 2.35. The number of nitrogens with zero attached hydrogens (tertiary/aromatic N) is 1. The number of rotatable bonds is 5. The number of aliphatic hydroxyl groups is 1. The first kappa shape index (κ1) is 14.5. The summed E-state index contributed by atoms with van der Waals surface area (Å²) in [7, 11) is 0. The summed E-state index contributed by atoms with van der Waals surface area (Å²) in [5.41, 5.74) is -0.632. The molecule has 4 nitrogen and oxygen atoms in total. The highest BCUT2D eigenvalue weighted by Crippen LogP contribution is 2.19. The Morgan fingerprint density at radius 1 is 1.47 bits per heavy atom. The van der Waals surface area contributed by atoms with Crippen molar-refractivity contribution in [2.45, 2.75) is 58.1 Å². The number of amides is 1. The number of hydrogen-bond acceptors (Lipinski definition) is 3. The van der Waals surface area contributed by atoms with Gasteiger partial charge >= 0.3 is 0 Å². The largest absolute Gasteiger partial charge is 0.389 e. The molecule has 0 aromatic rings. The molecule has 2 N–H and O–H groups in total. The lowest BCUT2D eigenvalue weighted by Gasteiger charge is -2.36. The van der Waals surface area contributed by atoms with Gasteiger partial charge in [-0.2, -0.15) is 0 Å².